The van der Waals surface area contributed by atoms with Gasteiger partial charge in [-0.3, -0.25) is 19.3 Å². The highest BCUT2D eigenvalue weighted by Gasteiger charge is 2.44. The number of amides is 4. The molecule has 2 rings (SSSR count). The lowest BCUT2D eigenvalue weighted by Gasteiger charge is -2.15. The lowest BCUT2D eigenvalue weighted by molar-refractivity contribution is -0.143. The molecule has 0 unspecified atom stereocenters. The highest BCUT2D eigenvalue weighted by Crippen LogP contribution is 2.18. The first-order valence-electron chi connectivity index (χ1n) is 7.56. The predicted octanol–water partition coefficient (Wildman–Crippen LogP) is 2.00. The largest absolute Gasteiger partial charge is 0.334 e. The minimum Gasteiger partial charge on any atom is -0.292 e. The van der Waals surface area contributed by atoms with Crippen molar-refractivity contribution in [3.8, 4) is 0 Å². The second-order valence-corrected chi connectivity index (χ2v) is 5.81. The van der Waals surface area contributed by atoms with E-state index in [2.05, 4.69) is 0 Å². The number of imide groups is 2. The van der Waals surface area contributed by atoms with Crippen LogP contribution >= 0.6 is 0 Å². The Labute approximate surface area is 135 Å². The van der Waals surface area contributed by atoms with Crippen LogP contribution in [-0.2, 0) is 9.59 Å². The second kappa shape index (κ2) is 6.32. The van der Waals surface area contributed by atoms with Gasteiger partial charge in [0.2, 0.25) is 0 Å². The van der Waals surface area contributed by atoms with Gasteiger partial charge in [0.15, 0.2) is 5.78 Å². The van der Waals surface area contributed by atoms with E-state index in [9.17, 15) is 19.2 Å². The summed E-state index contributed by atoms with van der Waals surface area (Å²) < 4.78 is 0. The molecule has 1 heterocycles. The van der Waals surface area contributed by atoms with Gasteiger partial charge in [0.1, 0.15) is 0 Å². The molecule has 0 atom stereocenters. The van der Waals surface area contributed by atoms with Crippen molar-refractivity contribution in [3.63, 3.8) is 0 Å². The molecule has 122 valence electrons. The number of Topliss-reactive ketones (excluding diaryl/α,β-unsaturated/α-hetero) is 1. The van der Waals surface area contributed by atoms with Crippen molar-refractivity contribution in [3.05, 3.63) is 34.4 Å². The Bertz CT molecular complexity index is 709. The van der Waals surface area contributed by atoms with E-state index in [1.807, 2.05) is 26.8 Å². The molecule has 0 aromatic heterocycles. The molecule has 1 aliphatic rings. The topological polar surface area (TPSA) is 74.8 Å². The number of hydrogen-bond donors (Lipinski definition) is 0. The maximum atomic E-state index is 12.5. The molecule has 0 saturated carbocycles. The molecule has 1 saturated heterocycles. The van der Waals surface area contributed by atoms with Crippen molar-refractivity contribution in [1.82, 2.24) is 9.80 Å². The summed E-state index contributed by atoms with van der Waals surface area (Å²) in [4.78, 5) is 50.0. The Balaban J connectivity index is 2.24. The van der Waals surface area contributed by atoms with Gasteiger partial charge < -0.3 is 0 Å². The molecule has 1 aromatic rings. The minimum atomic E-state index is -0.932. The van der Waals surface area contributed by atoms with Crippen molar-refractivity contribution < 1.29 is 19.2 Å². The fraction of sp³-hybridized carbons (Fsp3) is 0.412. The van der Waals surface area contributed by atoms with Crippen molar-refractivity contribution in [2.24, 2.45) is 0 Å². The van der Waals surface area contributed by atoms with E-state index in [0.717, 1.165) is 26.5 Å². The summed E-state index contributed by atoms with van der Waals surface area (Å²) in [5.74, 6) is -2.14. The summed E-state index contributed by atoms with van der Waals surface area (Å²) >= 11 is 0. The molecule has 0 bridgehead atoms. The maximum Gasteiger partial charge on any atom is 0.334 e. The Kier molecular flexibility index (Phi) is 4.63. The van der Waals surface area contributed by atoms with Gasteiger partial charge in [0.05, 0.1) is 6.54 Å². The van der Waals surface area contributed by atoms with Crippen LogP contribution in [0.15, 0.2) is 12.1 Å². The van der Waals surface area contributed by atoms with Crippen LogP contribution in [0.2, 0.25) is 0 Å². The van der Waals surface area contributed by atoms with E-state index < -0.39 is 24.4 Å². The zero-order valence-electron chi connectivity index (χ0n) is 13.8. The molecule has 1 aromatic carbocycles. The lowest BCUT2D eigenvalue weighted by Crippen LogP contribution is -2.37. The first-order valence-corrected chi connectivity index (χ1v) is 7.56. The van der Waals surface area contributed by atoms with Crippen molar-refractivity contribution in [2.75, 3.05) is 13.1 Å². The van der Waals surface area contributed by atoms with Gasteiger partial charge in [-0.1, -0.05) is 13.0 Å². The third kappa shape index (κ3) is 3.02. The standard InChI is InChI=1S/C17H20N2O4/c1-5-6-18-15(21)16(22)19(17(18)23)9-14(20)13-8-11(3)10(2)7-12(13)4/h7-8H,5-6,9H2,1-4H3. The SMILES string of the molecule is CCCN1C(=O)C(=O)N(CC(=O)c2cc(C)c(C)cc2C)C1=O. The number of nitrogens with zero attached hydrogens (tertiary/aromatic N) is 2. The number of benzene rings is 1. The van der Waals surface area contributed by atoms with E-state index in [4.69, 9.17) is 0 Å². The van der Waals surface area contributed by atoms with Crippen LogP contribution < -0.4 is 0 Å². The van der Waals surface area contributed by atoms with Crippen molar-refractivity contribution in [2.45, 2.75) is 34.1 Å². The molecular weight excluding hydrogens is 296 g/mol. The molecule has 23 heavy (non-hydrogen) atoms. The fourth-order valence-corrected chi connectivity index (χ4v) is 2.60. The average Bonchev–Trinajstić information content (AvgIpc) is 2.69. The van der Waals surface area contributed by atoms with E-state index in [-0.39, 0.29) is 12.3 Å². The number of urea groups is 1. The molecule has 6 heteroatoms. The molecule has 0 N–H and O–H groups in total. The number of carbonyl (C=O) groups is 4. The summed E-state index contributed by atoms with van der Waals surface area (Å²) in [7, 11) is 0. The first-order chi connectivity index (χ1) is 10.8. The quantitative estimate of drug-likeness (QED) is 0.473. The zero-order chi connectivity index (χ0) is 17.3. The maximum absolute atomic E-state index is 12.5. The minimum absolute atomic E-state index is 0.177. The lowest BCUT2D eigenvalue weighted by atomic mass is 9.98. The van der Waals surface area contributed by atoms with Gasteiger partial charge in [0, 0.05) is 12.1 Å². The molecular formula is C17H20N2O4. The van der Waals surface area contributed by atoms with Crippen molar-refractivity contribution >= 4 is 23.6 Å². The molecule has 4 amide bonds. The van der Waals surface area contributed by atoms with Crippen LogP contribution in [0.3, 0.4) is 0 Å². The number of ketones is 1. The number of carbonyl (C=O) groups excluding carboxylic acids is 4. The smallest absolute Gasteiger partial charge is 0.292 e. The summed E-state index contributed by atoms with van der Waals surface area (Å²) in [5.41, 5.74) is 3.28. The van der Waals surface area contributed by atoms with Crippen LogP contribution in [0.4, 0.5) is 4.79 Å². The van der Waals surface area contributed by atoms with Gasteiger partial charge in [-0.25, -0.2) is 9.69 Å². The van der Waals surface area contributed by atoms with Crippen molar-refractivity contribution in [1.29, 1.82) is 0 Å². The average molecular weight is 316 g/mol. The van der Waals surface area contributed by atoms with E-state index in [0.29, 0.717) is 12.0 Å². The summed E-state index contributed by atoms with van der Waals surface area (Å²) in [6.45, 7) is 7.22. The van der Waals surface area contributed by atoms with Crippen LogP contribution in [0.5, 0.6) is 0 Å². The highest BCUT2D eigenvalue weighted by atomic mass is 16.2. The van der Waals surface area contributed by atoms with Gasteiger partial charge in [-0.2, -0.15) is 0 Å². The molecule has 0 radical (unpaired) electrons. The van der Waals surface area contributed by atoms with Gasteiger partial charge >= 0.3 is 17.8 Å². The molecule has 1 aliphatic heterocycles. The number of aryl methyl sites for hydroxylation is 3. The summed E-state index contributed by atoms with van der Waals surface area (Å²) in [6.07, 6.45) is 0.558. The fourth-order valence-electron chi connectivity index (χ4n) is 2.60. The Morgan fingerprint density at radius 2 is 1.48 bits per heavy atom. The van der Waals surface area contributed by atoms with Gasteiger partial charge in [-0.05, 0) is 49.9 Å². The number of hydrogen-bond acceptors (Lipinski definition) is 4. The normalized spacial score (nSPS) is 14.9. The van der Waals surface area contributed by atoms with Crippen LogP contribution in [-0.4, -0.2) is 46.5 Å². The van der Waals surface area contributed by atoms with E-state index >= 15 is 0 Å². The summed E-state index contributed by atoms with van der Waals surface area (Å²) in [5, 5.41) is 0. The number of rotatable bonds is 5. The van der Waals surface area contributed by atoms with Gasteiger partial charge in [-0.15, -0.1) is 0 Å². The monoisotopic (exact) mass is 316 g/mol. The van der Waals surface area contributed by atoms with E-state index in [1.165, 1.54) is 0 Å². The van der Waals surface area contributed by atoms with Crippen LogP contribution in [0.1, 0.15) is 40.4 Å². The third-order valence-corrected chi connectivity index (χ3v) is 4.03. The first kappa shape index (κ1) is 16.9. The molecule has 6 nitrogen and oxygen atoms in total. The highest BCUT2D eigenvalue weighted by molar-refractivity contribution is 6.45. The molecule has 0 spiro atoms. The van der Waals surface area contributed by atoms with Crippen LogP contribution in [0, 0.1) is 20.8 Å². The van der Waals surface area contributed by atoms with Crippen LogP contribution in [0.25, 0.3) is 0 Å². The Morgan fingerprint density at radius 1 is 0.913 bits per heavy atom. The Morgan fingerprint density at radius 3 is 2.09 bits per heavy atom. The molecule has 0 aliphatic carbocycles. The molecule has 1 fully saturated rings. The Hall–Kier alpha value is -2.50. The van der Waals surface area contributed by atoms with Gasteiger partial charge in [0.25, 0.3) is 0 Å². The summed E-state index contributed by atoms with van der Waals surface area (Å²) in [6, 6.07) is 2.94. The third-order valence-electron chi connectivity index (χ3n) is 4.03. The van der Waals surface area contributed by atoms with E-state index in [1.54, 1.807) is 13.0 Å². The second-order valence-electron chi connectivity index (χ2n) is 5.81. The zero-order valence-corrected chi connectivity index (χ0v) is 13.8. The predicted molar refractivity (Wildman–Crippen MR) is 84.1 cm³/mol.